The molecule has 0 spiro atoms. The van der Waals surface area contributed by atoms with E-state index in [1.165, 1.54) is 0 Å². The standard InChI is InChI=1S/C18H28N2O3S/c1-13(2)15-6-5-7-16(14(3)4)18(15)19-17(21)12-20-8-10-24(22,23)11-9-20/h5-7,13-14H,8-12H2,1-4H3,(H,19,21). The third-order valence-electron chi connectivity index (χ3n) is 4.44. The van der Waals surface area contributed by atoms with Crippen molar-refractivity contribution in [3.05, 3.63) is 29.3 Å². The Morgan fingerprint density at radius 2 is 1.58 bits per heavy atom. The number of para-hydroxylation sites is 1. The van der Waals surface area contributed by atoms with Gasteiger partial charge in [0.05, 0.1) is 18.1 Å². The summed E-state index contributed by atoms with van der Waals surface area (Å²) in [6.07, 6.45) is 0. The van der Waals surface area contributed by atoms with Gasteiger partial charge in [0, 0.05) is 18.8 Å². The van der Waals surface area contributed by atoms with E-state index >= 15 is 0 Å². The van der Waals surface area contributed by atoms with Gasteiger partial charge in [-0.25, -0.2) is 8.42 Å². The lowest BCUT2D eigenvalue weighted by atomic mass is 9.92. The van der Waals surface area contributed by atoms with Crippen molar-refractivity contribution in [2.45, 2.75) is 39.5 Å². The molecule has 1 fully saturated rings. The van der Waals surface area contributed by atoms with Gasteiger partial charge in [0.1, 0.15) is 0 Å². The number of hydrogen-bond donors (Lipinski definition) is 1. The molecule has 0 bridgehead atoms. The summed E-state index contributed by atoms with van der Waals surface area (Å²) in [4.78, 5) is 14.4. The molecule has 0 aromatic heterocycles. The molecule has 1 aliphatic rings. The summed E-state index contributed by atoms with van der Waals surface area (Å²) in [5, 5.41) is 3.08. The number of amides is 1. The molecule has 0 saturated carbocycles. The lowest BCUT2D eigenvalue weighted by Crippen LogP contribution is -2.44. The third kappa shape index (κ3) is 4.80. The summed E-state index contributed by atoms with van der Waals surface area (Å²) in [5.41, 5.74) is 3.18. The minimum atomic E-state index is -2.92. The molecule has 6 heteroatoms. The van der Waals surface area contributed by atoms with Crippen LogP contribution >= 0.6 is 0 Å². The van der Waals surface area contributed by atoms with Gasteiger partial charge in [-0.05, 0) is 23.0 Å². The lowest BCUT2D eigenvalue weighted by Gasteiger charge is -2.26. The van der Waals surface area contributed by atoms with Crippen molar-refractivity contribution in [3.63, 3.8) is 0 Å². The summed E-state index contributed by atoms with van der Waals surface area (Å²) < 4.78 is 23.0. The largest absolute Gasteiger partial charge is 0.324 e. The van der Waals surface area contributed by atoms with Crippen molar-refractivity contribution in [1.29, 1.82) is 0 Å². The van der Waals surface area contributed by atoms with Gasteiger partial charge in [0.2, 0.25) is 5.91 Å². The van der Waals surface area contributed by atoms with Crippen LogP contribution in [-0.2, 0) is 14.6 Å². The normalized spacial score (nSPS) is 18.1. The van der Waals surface area contributed by atoms with Crippen LogP contribution in [-0.4, -0.2) is 50.4 Å². The van der Waals surface area contributed by atoms with Gasteiger partial charge in [-0.15, -0.1) is 0 Å². The van der Waals surface area contributed by atoms with Crippen molar-refractivity contribution in [2.24, 2.45) is 0 Å². The van der Waals surface area contributed by atoms with Crippen LogP contribution in [0.5, 0.6) is 0 Å². The number of anilines is 1. The van der Waals surface area contributed by atoms with Crippen molar-refractivity contribution in [3.8, 4) is 0 Å². The van der Waals surface area contributed by atoms with Crippen LogP contribution in [0.4, 0.5) is 5.69 Å². The van der Waals surface area contributed by atoms with Gasteiger partial charge in [-0.3, -0.25) is 9.69 Å². The summed E-state index contributed by atoms with van der Waals surface area (Å²) in [7, 11) is -2.92. The fourth-order valence-electron chi connectivity index (χ4n) is 2.99. The number of carbonyl (C=O) groups excluding carboxylic acids is 1. The van der Waals surface area contributed by atoms with Crippen molar-refractivity contribution >= 4 is 21.4 Å². The van der Waals surface area contributed by atoms with E-state index in [-0.39, 0.29) is 24.0 Å². The molecule has 1 N–H and O–H groups in total. The molecule has 134 valence electrons. The van der Waals surface area contributed by atoms with Crippen LogP contribution in [0, 0.1) is 0 Å². The van der Waals surface area contributed by atoms with Gasteiger partial charge in [-0.1, -0.05) is 45.9 Å². The molecular formula is C18H28N2O3S. The predicted molar refractivity (Wildman–Crippen MR) is 98.3 cm³/mol. The van der Waals surface area contributed by atoms with Crippen LogP contribution in [0.25, 0.3) is 0 Å². The average Bonchev–Trinajstić information content (AvgIpc) is 2.49. The van der Waals surface area contributed by atoms with Crippen molar-refractivity contribution < 1.29 is 13.2 Å². The Kier molecular flexibility index (Phi) is 6.04. The van der Waals surface area contributed by atoms with E-state index < -0.39 is 9.84 Å². The van der Waals surface area contributed by atoms with Crippen LogP contribution in [0.15, 0.2) is 18.2 Å². The number of carbonyl (C=O) groups is 1. The molecule has 0 radical (unpaired) electrons. The Morgan fingerprint density at radius 3 is 2.04 bits per heavy atom. The number of sulfone groups is 1. The van der Waals surface area contributed by atoms with Crippen LogP contribution in [0.1, 0.15) is 50.7 Å². The second-order valence-electron chi connectivity index (χ2n) is 7.10. The minimum Gasteiger partial charge on any atom is -0.324 e. The van der Waals surface area contributed by atoms with Gasteiger partial charge >= 0.3 is 0 Å². The maximum Gasteiger partial charge on any atom is 0.238 e. The quantitative estimate of drug-likeness (QED) is 0.884. The van der Waals surface area contributed by atoms with Gasteiger partial charge in [0.15, 0.2) is 9.84 Å². The molecule has 0 atom stereocenters. The average molecular weight is 353 g/mol. The number of nitrogens with one attached hydrogen (secondary N) is 1. The first-order valence-corrected chi connectivity index (χ1v) is 10.4. The number of benzene rings is 1. The second kappa shape index (κ2) is 7.66. The maximum absolute atomic E-state index is 12.5. The Labute approximate surface area is 145 Å². The summed E-state index contributed by atoms with van der Waals surface area (Å²) in [6.45, 7) is 9.56. The van der Waals surface area contributed by atoms with E-state index in [9.17, 15) is 13.2 Å². The van der Waals surface area contributed by atoms with E-state index in [2.05, 4.69) is 45.1 Å². The molecule has 1 aliphatic heterocycles. The zero-order chi connectivity index (χ0) is 17.9. The number of nitrogens with zero attached hydrogens (tertiary/aromatic N) is 1. The highest BCUT2D eigenvalue weighted by molar-refractivity contribution is 7.91. The van der Waals surface area contributed by atoms with Crippen LogP contribution in [0.3, 0.4) is 0 Å². The van der Waals surface area contributed by atoms with E-state index in [1.54, 1.807) is 0 Å². The summed E-state index contributed by atoms with van der Waals surface area (Å²) in [6, 6.07) is 6.15. The van der Waals surface area contributed by atoms with E-state index in [0.717, 1.165) is 16.8 Å². The monoisotopic (exact) mass is 352 g/mol. The molecule has 2 rings (SSSR count). The Bertz CT molecular complexity index is 656. The highest BCUT2D eigenvalue weighted by Crippen LogP contribution is 2.32. The molecule has 1 aromatic rings. The zero-order valence-corrected chi connectivity index (χ0v) is 15.8. The second-order valence-corrected chi connectivity index (χ2v) is 9.40. The molecule has 5 nitrogen and oxygen atoms in total. The molecule has 1 saturated heterocycles. The van der Waals surface area contributed by atoms with Gasteiger partial charge in [0.25, 0.3) is 0 Å². The molecule has 1 amide bonds. The zero-order valence-electron chi connectivity index (χ0n) is 15.0. The fourth-order valence-corrected chi connectivity index (χ4v) is 4.26. The first kappa shape index (κ1) is 18.9. The predicted octanol–water partition coefficient (Wildman–Crippen LogP) is 2.60. The summed E-state index contributed by atoms with van der Waals surface area (Å²) in [5.74, 6) is 0.836. The van der Waals surface area contributed by atoms with Crippen LogP contribution < -0.4 is 5.32 Å². The number of rotatable bonds is 5. The highest BCUT2D eigenvalue weighted by atomic mass is 32.2. The Morgan fingerprint density at radius 1 is 1.08 bits per heavy atom. The molecule has 1 heterocycles. The van der Waals surface area contributed by atoms with Crippen molar-refractivity contribution in [2.75, 3.05) is 36.5 Å². The van der Waals surface area contributed by atoms with E-state index in [4.69, 9.17) is 0 Å². The lowest BCUT2D eigenvalue weighted by molar-refractivity contribution is -0.117. The minimum absolute atomic E-state index is 0.0794. The molecular weight excluding hydrogens is 324 g/mol. The van der Waals surface area contributed by atoms with Crippen molar-refractivity contribution in [1.82, 2.24) is 4.90 Å². The van der Waals surface area contributed by atoms with Gasteiger partial charge in [-0.2, -0.15) is 0 Å². The molecule has 1 aromatic carbocycles. The first-order chi connectivity index (χ1) is 11.2. The molecule has 0 unspecified atom stereocenters. The Hall–Kier alpha value is -1.40. The van der Waals surface area contributed by atoms with Gasteiger partial charge < -0.3 is 5.32 Å². The molecule has 0 aliphatic carbocycles. The van der Waals surface area contributed by atoms with E-state index in [0.29, 0.717) is 24.9 Å². The Balaban J connectivity index is 2.11. The molecule has 24 heavy (non-hydrogen) atoms. The van der Waals surface area contributed by atoms with Crippen LogP contribution in [0.2, 0.25) is 0 Å². The topological polar surface area (TPSA) is 66.5 Å². The number of hydrogen-bond acceptors (Lipinski definition) is 4. The third-order valence-corrected chi connectivity index (χ3v) is 6.05. The van der Waals surface area contributed by atoms with E-state index in [1.807, 2.05) is 11.0 Å². The smallest absolute Gasteiger partial charge is 0.238 e. The first-order valence-electron chi connectivity index (χ1n) is 8.55. The maximum atomic E-state index is 12.5. The summed E-state index contributed by atoms with van der Waals surface area (Å²) >= 11 is 0. The SMILES string of the molecule is CC(C)c1cccc(C(C)C)c1NC(=O)CN1CCS(=O)(=O)CC1. The highest BCUT2D eigenvalue weighted by Gasteiger charge is 2.24. The fraction of sp³-hybridized carbons (Fsp3) is 0.611.